The summed E-state index contributed by atoms with van der Waals surface area (Å²) in [6.07, 6.45) is 0. The first-order chi connectivity index (χ1) is 29.5. The van der Waals surface area contributed by atoms with E-state index >= 15 is 0 Å². The zero-order valence-electron chi connectivity index (χ0n) is 33.6. The standard InChI is InChI=1S/C58H41NO/c1-57(2)48-21-9-6-19-44(48)46-35-33-42(37-52(46)57)59(54-25-13-8-18-43(54)39-16-4-3-5-17-39)41-31-28-38(29-32-41)40-30-34-47-45-20-7-10-22-49(45)58(53(47)36-40)50-23-11-14-26-55(50)60-56-27-15-12-24-51(56)58/h3-37H,1-2H3. The molecule has 0 radical (unpaired) electrons. The van der Waals surface area contributed by atoms with Crippen molar-refractivity contribution in [3.05, 3.63) is 246 Å². The van der Waals surface area contributed by atoms with E-state index in [0.29, 0.717) is 0 Å². The summed E-state index contributed by atoms with van der Waals surface area (Å²) in [5.41, 5.74) is 20.3. The van der Waals surface area contributed by atoms with Gasteiger partial charge in [-0.1, -0.05) is 178 Å². The van der Waals surface area contributed by atoms with Crippen molar-refractivity contribution >= 4 is 17.1 Å². The molecule has 12 rings (SSSR count). The summed E-state index contributed by atoms with van der Waals surface area (Å²) in [5, 5.41) is 0. The first-order valence-electron chi connectivity index (χ1n) is 20.9. The van der Waals surface area contributed by atoms with Crippen molar-refractivity contribution < 1.29 is 4.74 Å². The van der Waals surface area contributed by atoms with Crippen LogP contribution in [0.15, 0.2) is 212 Å². The number of para-hydroxylation sites is 3. The minimum atomic E-state index is -0.508. The summed E-state index contributed by atoms with van der Waals surface area (Å²) in [6, 6.07) is 77.8. The lowest BCUT2D eigenvalue weighted by Gasteiger charge is -2.39. The van der Waals surface area contributed by atoms with E-state index < -0.39 is 5.41 Å². The van der Waals surface area contributed by atoms with Crippen molar-refractivity contribution in [3.8, 4) is 56.0 Å². The highest BCUT2D eigenvalue weighted by molar-refractivity contribution is 5.93. The van der Waals surface area contributed by atoms with Gasteiger partial charge in [-0.2, -0.15) is 0 Å². The summed E-state index contributed by atoms with van der Waals surface area (Å²) in [6.45, 7) is 4.71. The second kappa shape index (κ2) is 13.0. The molecule has 9 aromatic carbocycles. The minimum absolute atomic E-state index is 0.119. The number of benzene rings is 9. The molecular weight excluding hydrogens is 727 g/mol. The van der Waals surface area contributed by atoms with Gasteiger partial charge in [0, 0.05) is 33.5 Å². The Balaban J connectivity index is 1.01. The van der Waals surface area contributed by atoms with Crippen LogP contribution in [-0.2, 0) is 10.8 Å². The molecule has 1 aliphatic heterocycles. The maximum atomic E-state index is 6.60. The van der Waals surface area contributed by atoms with Crippen LogP contribution in [-0.4, -0.2) is 0 Å². The van der Waals surface area contributed by atoms with Gasteiger partial charge in [0.1, 0.15) is 11.5 Å². The molecule has 0 saturated carbocycles. The predicted molar refractivity (Wildman–Crippen MR) is 247 cm³/mol. The molecule has 60 heavy (non-hydrogen) atoms. The number of hydrogen-bond acceptors (Lipinski definition) is 2. The topological polar surface area (TPSA) is 12.5 Å². The summed E-state index contributed by atoms with van der Waals surface area (Å²) in [5.74, 6) is 1.81. The summed E-state index contributed by atoms with van der Waals surface area (Å²) < 4.78 is 6.60. The normalized spacial score (nSPS) is 14.2. The van der Waals surface area contributed by atoms with Gasteiger partial charge in [-0.3, -0.25) is 0 Å². The first-order valence-corrected chi connectivity index (χ1v) is 20.9. The lowest BCUT2D eigenvalue weighted by atomic mass is 9.66. The average Bonchev–Trinajstić information content (AvgIpc) is 3.72. The second-order valence-corrected chi connectivity index (χ2v) is 16.8. The highest BCUT2D eigenvalue weighted by Crippen LogP contribution is 2.62. The second-order valence-electron chi connectivity index (χ2n) is 16.8. The van der Waals surface area contributed by atoms with E-state index in [1.165, 1.54) is 77.9 Å². The Morgan fingerprint density at radius 2 is 0.833 bits per heavy atom. The molecule has 0 amide bonds. The Hall–Kier alpha value is -7.42. The third kappa shape index (κ3) is 4.88. The molecule has 0 aromatic heterocycles. The van der Waals surface area contributed by atoms with Crippen LogP contribution in [0.5, 0.6) is 11.5 Å². The molecule has 9 aromatic rings. The summed E-state index contributed by atoms with van der Waals surface area (Å²) >= 11 is 0. The van der Waals surface area contributed by atoms with Crippen molar-refractivity contribution in [1.29, 1.82) is 0 Å². The monoisotopic (exact) mass is 767 g/mol. The van der Waals surface area contributed by atoms with Crippen LogP contribution in [0.3, 0.4) is 0 Å². The molecule has 0 atom stereocenters. The zero-order valence-corrected chi connectivity index (χ0v) is 33.6. The largest absolute Gasteiger partial charge is 0.457 e. The van der Waals surface area contributed by atoms with Gasteiger partial charge in [0.25, 0.3) is 0 Å². The van der Waals surface area contributed by atoms with Crippen LogP contribution in [0.1, 0.15) is 47.2 Å². The van der Waals surface area contributed by atoms with Crippen molar-refractivity contribution in [3.63, 3.8) is 0 Å². The predicted octanol–water partition coefficient (Wildman–Crippen LogP) is 15.3. The van der Waals surface area contributed by atoms with E-state index in [-0.39, 0.29) is 5.41 Å². The van der Waals surface area contributed by atoms with E-state index in [0.717, 1.165) is 28.6 Å². The number of anilines is 3. The van der Waals surface area contributed by atoms with Crippen LogP contribution < -0.4 is 9.64 Å². The van der Waals surface area contributed by atoms with Gasteiger partial charge < -0.3 is 9.64 Å². The van der Waals surface area contributed by atoms with Crippen LogP contribution in [0.2, 0.25) is 0 Å². The summed E-state index contributed by atoms with van der Waals surface area (Å²) in [4.78, 5) is 2.44. The number of ether oxygens (including phenoxy) is 1. The SMILES string of the molecule is CC1(C)c2ccccc2-c2ccc(N(c3ccc(-c4ccc5c(c4)C4(c6ccccc6Oc6ccccc64)c4ccccc4-5)cc3)c3ccccc3-c3ccccc3)cc21. The highest BCUT2D eigenvalue weighted by Gasteiger charge is 2.51. The van der Waals surface area contributed by atoms with Crippen molar-refractivity contribution in [2.45, 2.75) is 24.7 Å². The quantitative estimate of drug-likeness (QED) is 0.173. The summed E-state index contributed by atoms with van der Waals surface area (Å²) in [7, 11) is 0. The van der Waals surface area contributed by atoms with E-state index in [9.17, 15) is 0 Å². The lowest BCUT2D eigenvalue weighted by Crippen LogP contribution is -2.32. The van der Waals surface area contributed by atoms with Crippen molar-refractivity contribution in [2.75, 3.05) is 4.90 Å². The third-order valence-corrected chi connectivity index (χ3v) is 13.4. The van der Waals surface area contributed by atoms with Gasteiger partial charge >= 0.3 is 0 Å². The zero-order chi connectivity index (χ0) is 40.0. The molecular formula is C58H41NO. The van der Waals surface area contributed by atoms with Gasteiger partial charge in [0.15, 0.2) is 0 Å². The number of rotatable bonds is 5. The lowest BCUT2D eigenvalue weighted by molar-refractivity contribution is 0.436. The number of nitrogens with zero attached hydrogens (tertiary/aromatic N) is 1. The maximum absolute atomic E-state index is 6.60. The molecule has 0 N–H and O–H groups in total. The Kier molecular flexibility index (Phi) is 7.52. The van der Waals surface area contributed by atoms with Gasteiger partial charge in [-0.05, 0) is 110 Å². The van der Waals surface area contributed by atoms with Crippen molar-refractivity contribution in [2.24, 2.45) is 0 Å². The molecule has 0 bridgehead atoms. The van der Waals surface area contributed by atoms with Crippen LogP contribution >= 0.6 is 0 Å². The fraction of sp³-hybridized carbons (Fsp3) is 0.0690. The Morgan fingerprint density at radius 3 is 1.55 bits per heavy atom. The van der Waals surface area contributed by atoms with Crippen LogP contribution in [0, 0.1) is 0 Å². The molecule has 284 valence electrons. The van der Waals surface area contributed by atoms with Crippen LogP contribution in [0.25, 0.3) is 44.5 Å². The minimum Gasteiger partial charge on any atom is -0.457 e. The molecule has 1 heterocycles. The molecule has 0 saturated heterocycles. The van der Waals surface area contributed by atoms with Crippen molar-refractivity contribution in [1.82, 2.24) is 0 Å². The third-order valence-electron chi connectivity index (χ3n) is 13.4. The Morgan fingerprint density at radius 1 is 0.333 bits per heavy atom. The van der Waals surface area contributed by atoms with E-state index in [1.54, 1.807) is 0 Å². The van der Waals surface area contributed by atoms with Gasteiger partial charge in [-0.25, -0.2) is 0 Å². The molecule has 3 aliphatic rings. The molecule has 1 spiro atoms. The molecule has 2 nitrogen and oxygen atoms in total. The van der Waals surface area contributed by atoms with Gasteiger partial charge in [0.2, 0.25) is 0 Å². The molecule has 2 heteroatoms. The molecule has 0 unspecified atom stereocenters. The smallest absolute Gasteiger partial charge is 0.132 e. The van der Waals surface area contributed by atoms with E-state index in [4.69, 9.17) is 4.74 Å². The average molecular weight is 768 g/mol. The highest BCUT2D eigenvalue weighted by atomic mass is 16.5. The van der Waals surface area contributed by atoms with Gasteiger partial charge in [0.05, 0.1) is 11.1 Å². The van der Waals surface area contributed by atoms with E-state index in [2.05, 4.69) is 231 Å². The van der Waals surface area contributed by atoms with E-state index in [1.807, 2.05) is 0 Å². The van der Waals surface area contributed by atoms with Crippen LogP contribution in [0.4, 0.5) is 17.1 Å². The first kappa shape index (κ1) is 34.6. The number of hydrogen-bond donors (Lipinski definition) is 0. The Labute approximate surface area is 351 Å². The Bertz CT molecular complexity index is 3110. The molecule has 0 fully saturated rings. The fourth-order valence-electron chi connectivity index (χ4n) is 10.6. The molecule has 2 aliphatic carbocycles. The maximum Gasteiger partial charge on any atom is 0.132 e. The van der Waals surface area contributed by atoms with Gasteiger partial charge in [-0.15, -0.1) is 0 Å². The number of fused-ring (bicyclic) bond motifs is 12. The fourth-order valence-corrected chi connectivity index (χ4v) is 10.6.